The number of carbonyl (C=O) groups is 1. The highest BCUT2D eigenvalue weighted by Crippen LogP contribution is 2.48. The Kier molecular flexibility index (Phi) is 6.33. The molecular formula is C29H28F3N7O2. The number of hydrogen-bond donors (Lipinski definition) is 1. The molecule has 3 atom stereocenters. The van der Waals surface area contributed by atoms with Crippen LogP contribution in [-0.2, 0) is 11.7 Å². The fourth-order valence-electron chi connectivity index (χ4n) is 5.22. The maximum atomic E-state index is 13.3. The van der Waals surface area contributed by atoms with Crippen LogP contribution < -0.4 is 10.5 Å². The average Bonchev–Trinajstić information content (AvgIpc) is 3.25. The van der Waals surface area contributed by atoms with Gasteiger partial charge in [-0.15, -0.1) is 0 Å². The first-order chi connectivity index (χ1) is 19.4. The van der Waals surface area contributed by atoms with E-state index < -0.39 is 17.3 Å². The lowest BCUT2D eigenvalue weighted by atomic mass is 9.94. The molecule has 212 valence electrons. The fraction of sp³-hybridized carbons (Fsp3) is 0.345. The second kappa shape index (κ2) is 9.65. The third-order valence-corrected chi connectivity index (χ3v) is 7.60. The van der Waals surface area contributed by atoms with Gasteiger partial charge in [0.15, 0.2) is 0 Å². The highest BCUT2D eigenvalue weighted by atomic mass is 19.4. The molecule has 0 unspecified atom stereocenters. The second-order valence-corrected chi connectivity index (χ2v) is 11.1. The van der Waals surface area contributed by atoms with Crippen molar-refractivity contribution in [3.63, 3.8) is 0 Å². The summed E-state index contributed by atoms with van der Waals surface area (Å²) in [6.45, 7) is 6.53. The zero-order chi connectivity index (χ0) is 29.1. The van der Waals surface area contributed by atoms with Crippen molar-refractivity contribution in [3.05, 3.63) is 83.4 Å². The number of piperidine rings is 1. The molecule has 1 aliphatic carbocycles. The van der Waals surface area contributed by atoms with Gasteiger partial charge in [-0.2, -0.15) is 18.3 Å². The highest BCUT2D eigenvalue weighted by molar-refractivity contribution is 5.95. The number of fused-ring (bicyclic) bond motifs is 1. The molecule has 0 spiro atoms. The summed E-state index contributed by atoms with van der Waals surface area (Å²) >= 11 is 0. The van der Waals surface area contributed by atoms with Crippen molar-refractivity contribution < 1.29 is 22.7 Å². The van der Waals surface area contributed by atoms with Crippen LogP contribution in [0.25, 0.3) is 17.2 Å². The molecule has 41 heavy (non-hydrogen) atoms. The number of rotatable bonds is 6. The quantitative estimate of drug-likeness (QED) is 0.370. The number of halogens is 3. The summed E-state index contributed by atoms with van der Waals surface area (Å²) < 4.78 is 46.9. The van der Waals surface area contributed by atoms with E-state index in [0.29, 0.717) is 47.4 Å². The predicted molar refractivity (Wildman–Crippen MR) is 143 cm³/mol. The van der Waals surface area contributed by atoms with Crippen LogP contribution >= 0.6 is 0 Å². The summed E-state index contributed by atoms with van der Waals surface area (Å²) in [4.78, 5) is 28.0. The van der Waals surface area contributed by atoms with Crippen LogP contribution in [0.15, 0.2) is 61.1 Å². The van der Waals surface area contributed by atoms with Crippen molar-refractivity contribution in [1.82, 2.24) is 29.6 Å². The molecule has 4 heterocycles. The molecule has 12 heteroatoms. The number of aryl methyl sites for hydroxylation is 1. The number of pyridine rings is 1. The first-order valence-electron chi connectivity index (χ1n) is 13.2. The number of aromatic nitrogens is 5. The van der Waals surface area contributed by atoms with Crippen molar-refractivity contribution >= 4 is 5.91 Å². The SMILES string of the molecule is Cc1nn(-c2ncccn2)cc1C(=O)N1C[C@@H]2[C@H](C1)[C@@H]2Oc1cc(C(C)(C)N)cc(-c2ccc(C(F)(F)F)cc2)n1. The van der Waals surface area contributed by atoms with Crippen LogP contribution in [0.2, 0.25) is 0 Å². The van der Waals surface area contributed by atoms with Crippen LogP contribution in [0.4, 0.5) is 13.2 Å². The Morgan fingerprint density at radius 3 is 2.29 bits per heavy atom. The summed E-state index contributed by atoms with van der Waals surface area (Å²) in [7, 11) is 0. The van der Waals surface area contributed by atoms with Gasteiger partial charge in [0.05, 0.1) is 22.5 Å². The minimum Gasteiger partial charge on any atom is -0.474 e. The molecule has 3 aromatic heterocycles. The molecule has 1 aliphatic heterocycles. The van der Waals surface area contributed by atoms with Gasteiger partial charge in [-0.05, 0) is 50.6 Å². The Morgan fingerprint density at radius 1 is 1.02 bits per heavy atom. The average molecular weight is 564 g/mol. The van der Waals surface area contributed by atoms with Gasteiger partial charge in [0.1, 0.15) is 6.10 Å². The van der Waals surface area contributed by atoms with Crippen LogP contribution in [0.3, 0.4) is 0 Å². The monoisotopic (exact) mass is 563 g/mol. The minimum absolute atomic E-state index is 0.106. The van der Waals surface area contributed by atoms with E-state index in [1.165, 1.54) is 16.8 Å². The standard InChI is InChI=1S/C29H28F3N7O2/c1-16-20(15-39(37-16)27-34-9-4-10-35-27)26(40)38-13-21-22(14-38)25(21)41-24-12-19(28(2,3)33)11-23(36-24)17-5-7-18(8-6-17)29(30,31)32/h4-12,15,21-22,25H,13-14,33H2,1-3H3/t21-,22+,25-. The third-order valence-electron chi connectivity index (χ3n) is 7.60. The van der Waals surface area contributed by atoms with Gasteiger partial charge in [-0.1, -0.05) is 12.1 Å². The van der Waals surface area contributed by atoms with Crippen LogP contribution in [0.5, 0.6) is 5.88 Å². The molecule has 1 aromatic carbocycles. The maximum Gasteiger partial charge on any atom is 0.416 e. The molecule has 2 fully saturated rings. The lowest BCUT2D eigenvalue weighted by Gasteiger charge is -2.22. The van der Waals surface area contributed by atoms with Gasteiger partial charge in [-0.3, -0.25) is 4.79 Å². The first kappa shape index (κ1) is 26.9. The maximum absolute atomic E-state index is 13.3. The lowest BCUT2D eigenvalue weighted by molar-refractivity contribution is -0.137. The number of hydrogen-bond acceptors (Lipinski definition) is 7. The molecule has 0 radical (unpaired) electrons. The van der Waals surface area contributed by atoms with Crippen LogP contribution in [-0.4, -0.2) is 54.7 Å². The van der Waals surface area contributed by atoms with Crippen molar-refractivity contribution in [2.75, 3.05) is 13.1 Å². The number of nitrogens with two attached hydrogens (primary N) is 1. The zero-order valence-electron chi connectivity index (χ0n) is 22.6. The summed E-state index contributed by atoms with van der Waals surface area (Å²) in [5.41, 5.74) is 7.74. The Bertz CT molecular complexity index is 1590. The highest BCUT2D eigenvalue weighted by Gasteiger charge is 2.59. The van der Waals surface area contributed by atoms with Crippen LogP contribution in [0.1, 0.15) is 41.0 Å². The smallest absolute Gasteiger partial charge is 0.416 e. The summed E-state index contributed by atoms with van der Waals surface area (Å²) in [5.74, 6) is 0.937. The third kappa shape index (κ3) is 5.26. The number of amides is 1. The topological polar surface area (TPSA) is 112 Å². The zero-order valence-corrected chi connectivity index (χ0v) is 22.6. The minimum atomic E-state index is -4.42. The van der Waals surface area contributed by atoms with Crippen molar-refractivity contribution in [1.29, 1.82) is 0 Å². The molecule has 9 nitrogen and oxygen atoms in total. The molecule has 1 amide bonds. The van der Waals surface area contributed by atoms with Gasteiger partial charge >= 0.3 is 6.18 Å². The van der Waals surface area contributed by atoms with E-state index in [1.807, 2.05) is 13.8 Å². The van der Waals surface area contributed by atoms with Crippen molar-refractivity contribution in [2.45, 2.75) is 38.6 Å². The molecule has 4 aromatic rings. The number of likely N-dealkylation sites (tertiary alicyclic amines) is 1. The van der Waals surface area contributed by atoms with E-state index in [4.69, 9.17) is 10.5 Å². The van der Waals surface area contributed by atoms with Crippen molar-refractivity contribution in [3.8, 4) is 23.1 Å². The number of carbonyl (C=O) groups excluding carboxylic acids is 1. The van der Waals surface area contributed by atoms with Gasteiger partial charge in [0.25, 0.3) is 5.91 Å². The number of ether oxygens (including phenoxy) is 1. The summed E-state index contributed by atoms with van der Waals surface area (Å²) in [6, 6.07) is 10.1. The van der Waals surface area contributed by atoms with Gasteiger partial charge < -0.3 is 15.4 Å². The van der Waals surface area contributed by atoms with Gasteiger partial charge in [0, 0.05) is 60.7 Å². The molecule has 2 N–H and O–H groups in total. The fourth-order valence-corrected chi connectivity index (χ4v) is 5.22. The second-order valence-electron chi connectivity index (χ2n) is 11.1. The molecule has 1 saturated carbocycles. The van der Waals surface area contributed by atoms with Crippen LogP contribution in [0, 0.1) is 18.8 Å². The van der Waals surface area contributed by atoms with E-state index in [0.717, 1.165) is 17.7 Å². The van der Waals surface area contributed by atoms with Crippen molar-refractivity contribution in [2.24, 2.45) is 17.6 Å². The predicted octanol–water partition coefficient (Wildman–Crippen LogP) is 4.39. The Balaban J connectivity index is 1.16. The first-order valence-corrected chi connectivity index (χ1v) is 13.2. The molecule has 1 saturated heterocycles. The van der Waals surface area contributed by atoms with E-state index >= 15 is 0 Å². The largest absolute Gasteiger partial charge is 0.474 e. The Labute approximate surface area is 234 Å². The number of alkyl halides is 3. The number of benzene rings is 1. The summed E-state index contributed by atoms with van der Waals surface area (Å²) in [5, 5.41) is 4.40. The molecule has 6 rings (SSSR count). The number of nitrogens with zero attached hydrogens (tertiary/aromatic N) is 6. The van der Waals surface area contributed by atoms with E-state index in [-0.39, 0.29) is 23.8 Å². The molecule has 2 aliphatic rings. The van der Waals surface area contributed by atoms with E-state index in [1.54, 1.807) is 48.6 Å². The Morgan fingerprint density at radius 2 is 1.68 bits per heavy atom. The normalized spacial score (nSPS) is 20.2. The van der Waals surface area contributed by atoms with E-state index in [9.17, 15) is 18.0 Å². The molecular weight excluding hydrogens is 535 g/mol. The lowest BCUT2D eigenvalue weighted by Crippen LogP contribution is -2.33. The Hall–Kier alpha value is -4.32. The van der Waals surface area contributed by atoms with Gasteiger partial charge in [0.2, 0.25) is 11.8 Å². The van der Waals surface area contributed by atoms with Gasteiger partial charge in [-0.25, -0.2) is 19.6 Å². The summed E-state index contributed by atoms with van der Waals surface area (Å²) in [6.07, 6.45) is 0.332. The molecule has 0 bridgehead atoms. The van der Waals surface area contributed by atoms with E-state index in [2.05, 4.69) is 20.1 Å².